The number of nitrogens with zero attached hydrogens (tertiary/aromatic N) is 2. The van der Waals surface area contributed by atoms with Crippen LogP contribution in [0.3, 0.4) is 0 Å². The Balaban J connectivity index is 1.17. The van der Waals surface area contributed by atoms with Gasteiger partial charge in [0.25, 0.3) is 5.91 Å². The zero-order valence-electron chi connectivity index (χ0n) is 18.7. The lowest BCUT2D eigenvalue weighted by Crippen LogP contribution is -2.43. The van der Waals surface area contributed by atoms with Gasteiger partial charge in [-0.25, -0.2) is 4.98 Å². The summed E-state index contributed by atoms with van der Waals surface area (Å²) in [6.07, 6.45) is 1.62. The predicted molar refractivity (Wildman–Crippen MR) is 136 cm³/mol. The van der Waals surface area contributed by atoms with Crippen LogP contribution in [0, 0.1) is 5.92 Å². The molecule has 0 aliphatic carbocycles. The first-order valence-corrected chi connectivity index (χ1v) is 12.5. The number of rotatable bonds is 6. The molecule has 34 heavy (non-hydrogen) atoms. The summed E-state index contributed by atoms with van der Waals surface area (Å²) in [5.41, 5.74) is 4.56. The van der Waals surface area contributed by atoms with Crippen molar-refractivity contribution in [1.82, 2.24) is 14.9 Å². The minimum Gasteiger partial charge on any atom is -0.338 e. The molecule has 2 amide bonds. The van der Waals surface area contributed by atoms with Gasteiger partial charge in [0, 0.05) is 30.1 Å². The summed E-state index contributed by atoms with van der Waals surface area (Å²) in [7, 11) is 0. The fraction of sp³-hybridized carbons (Fsp3) is 0.222. The van der Waals surface area contributed by atoms with E-state index in [0.717, 1.165) is 46.0 Å². The number of benzene rings is 3. The Hall–Kier alpha value is -3.58. The summed E-state index contributed by atoms with van der Waals surface area (Å²) in [5.74, 6) is 0.521. The Morgan fingerprint density at radius 3 is 2.56 bits per heavy atom. The maximum absolute atomic E-state index is 13.1. The number of piperidine rings is 1. The molecule has 1 aromatic heterocycles. The average molecular weight is 471 g/mol. The van der Waals surface area contributed by atoms with E-state index in [-0.39, 0.29) is 17.7 Å². The van der Waals surface area contributed by atoms with Crippen LogP contribution in [0.1, 0.15) is 28.8 Å². The molecule has 1 aliphatic rings. The van der Waals surface area contributed by atoms with Crippen LogP contribution in [0.4, 0.5) is 5.69 Å². The number of nitrogens with one attached hydrogen (secondary N) is 2. The lowest BCUT2D eigenvalue weighted by atomic mass is 9.96. The van der Waals surface area contributed by atoms with Gasteiger partial charge in [-0.1, -0.05) is 54.2 Å². The van der Waals surface area contributed by atoms with E-state index in [1.54, 1.807) is 16.7 Å². The number of hydrogen-bond acceptors (Lipinski definition) is 4. The van der Waals surface area contributed by atoms with Gasteiger partial charge in [0.2, 0.25) is 5.91 Å². The minimum atomic E-state index is -0.197. The number of thioether (sulfide) groups is 1. The molecule has 1 unspecified atom stereocenters. The number of anilines is 1. The van der Waals surface area contributed by atoms with Gasteiger partial charge in [-0.2, -0.15) is 0 Å². The van der Waals surface area contributed by atoms with Crippen LogP contribution in [-0.4, -0.2) is 39.8 Å². The number of hydrogen-bond donors (Lipinski definition) is 2. The van der Waals surface area contributed by atoms with E-state index in [2.05, 4.69) is 15.3 Å². The van der Waals surface area contributed by atoms with Crippen molar-refractivity contribution in [3.05, 3.63) is 90.0 Å². The topological polar surface area (TPSA) is 78.1 Å². The maximum atomic E-state index is 13.1. The highest BCUT2D eigenvalue weighted by Crippen LogP contribution is 2.24. The van der Waals surface area contributed by atoms with Crippen LogP contribution < -0.4 is 5.32 Å². The smallest absolute Gasteiger partial charge is 0.253 e. The van der Waals surface area contributed by atoms with E-state index >= 15 is 0 Å². The highest BCUT2D eigenvalue weighted by molar-refractivity contribution is 7.98. The molecule has 0 spiro atoms. The molecule has 0 saturated carbocycles. The summed E-state index contributed by atoms with van der Waals surface area (Å²) in [4.78, 5) is 35.5. The molecule has 1 saturated heterocycles. The molecule has 2 heterocycles. The number of likely N-dealkylation sites (tertiary alicyclic amines) is 1. The van der Waals surface area contributed by atoms with Gasteiger partial charge in [-0.3, -0.25) is 9.59 Å². The number of aromatic nitrogens is 2. The third kappa shape index (κ3) is 5.15. The number of H-pyrrole nitrogens is 1. The molecule has 1 aliphatic heterocycles. The average Bonchev–Trinajstić information content (AvgIpc) is 3.31. The van der Waals surface area contributed by atoms with Crippen LogP contribution in [0.5, 0.6) is 0 Å². The van der Waals surface area contributed by atoms with Crippen molar-refractivity contribution in [1.29, 1.82) is 0 Å². The summed E-state index contributed by atoms with van der Waals surface area (Å²) < 4.78 is 0. The quantitative estimate of drug-likeness (QED) is 0.373. The van der Waals surface area contributed by atoms with Crippen LogP contribution >= 0.6 is 11.8 Å². The van der Waals surface area contributed by atoms with Crippen LogP contribution in [-0.2, 0) is 10.5 Å². The van der Waals surface area contributed by atoms with Crippen molar-refractivity contribution >= 4 is 40.3 Å². The number of amides is 2. The molecule has 0 bridgehead atoms. The van der Waals surface area contributed by atoms with Gasteiger partial charge < -0.3 is 15.2 Å². The van der Waals surface area contributed by atoms with E-state index < -0.39 is 0 Å². The molecule has 5 rings (SSSR count). The van der Waals surface area contributed by atoms with E-state index in [1.165, 1.54) is 0 Å². The molecule has 6 nitrogen and oxygen atoms in total. The van der Waals surface area contributed by atoms with E-state index in [1.807, 2.05) is 78.9 Å². The number of carbonyl (C=O) groups is 2. The fourth-order valence-electron chi connectivity index (χ4n) is 4.22. The summed E-state index contributed by atoms with van der Waals surface area (Å²) in [5, 5.41) is 3.85. The SMILES string of the molecule is O=C(Nc1ccccc1)C1CCCN(C(=O)c2ccc(CSc3nc4ccccc4[nH]3)cc2)C1. The monoisotopic (exact) mass is 470 g/mol. The van der Waals surface area contributed by atoms with Crippen LogP contribution in [0.25, 0.3) is 11.0 Å². The van der Waals surface area contributed by atoms with Gasteiger partial charge >= 0.3 is 0 Å². The van der Waals surface area contributed by atoms with Gasteiger partial charge in [0.05, 0.1) is 17.0 Å². The summed E-state index contributed by atoms with van der Waals surface area (Å²) in [6, 6.07) is 25.2. The normalized spacial score (nSPS) is 15.9. The van der Waals surface area contributed by atoms with Gasteiger partial charge in [-0.15, -0.1) is 0 Å². The van der Waals surface area contributed by atoms with Crippen molar-refractivity contribution in [3.63, 3.8) is 0 Å². The lowest BCUT2D eigenvalue weighted by Gasteiger charge is -2.32. The molecule has 0 radical (unpaired) electrons. The minimum absolute atomic E-state index is 0.0197. The molecule has 3 aromatic carbocycles. The Bertz CT molecular complexity index is 1250. The van der Waals surface area contributed by atoms with Crippen molar-refractivity contribution in [2.75, 3.05) is 18.4 Å². The van der Waals surface area contributed by atoms with Crippen LogP contribution in [0.15, 0.2) is 84.0 Å². The summed E-state index contributed by atoms with van der Waals surface area (Å²) >= 11 is 1.64. The van der Waals surface area contributed by atoms with E-state index in [9.17, 15) is 9.59 Å². The van der Waals surface area contributed by atoms with Gasteiger partial charge in [-0.05, 0) is 54.8 Å². The number of aromatic amines is 1. The van der Waals surface area contributed by atoms with Crippen LogP contribution in [0.2, 0.25) is 0 Å². The molecule has 4 aromatic rings. The van der Waals surface area contributed by atoms with Crippen molar-refractivity contribution in [2.24, 2.45) is 5.92 Å². The highest BCUT2D eigenvalue weighted by Gasteiger charge is 2.29. The van der Waals surface area contributed by atoms with E-state index in [0.29, 0.717) is 18.7 Å². The zero-order valence-corrected chi connectivity index (χ0v) is 19.6. The second-order valence-corrected chi connectivity index (χ2v) is 9.45. The first-order chi connectivity index (χ1) is 16.7. The first-order valence-electron chi connectivity index (χ1n) is 11.5. The molecule has 7 heteroatoms. The maximum Gasteiger partial charge on any atom is 0.253 e. The fourth-order valence-corrected chi connectivity index (χ4v) is 5.06. The second kappa shape index (κ2) is 10.1. The molecule has 2 N–H and O–H groups in total. The molecular formula is C27H26N4O2S. The number of fused-ring (bicyclic) bond motifs is 1. The zero-order chi connectivity index (χ0) is 23.3. The van der Waals surface area contributed by atoms with Gasteiger partial charge in [0.1, 0.15) is 0 Å². The summed E-state index contributed by atoms with van der Waals surface area (Å²) in [6.45, 7) is 1.12. The molecule has 1 fully saturated rings. The lowest BCUT2D eigenvalue weighted by molar-refractivity contribution is -0.121. The van der Waals surface area contributed by atoms with Crippen molar-refractivity contribution < 1.29 is 9.59 Å². The highest BCUT2D eigenvalue weighted by atomic mass is 32.2. The Kier molecular flexibility index (Phi) is 6.62. The largest absolute Gasteiger partial charge is 0.338 e. The Labute approximate surface area is 202 Å². The molecule has 1 atom stereocenters. The molecule has 172 valence electrons. The number of carbonyl (C=O) groups excluding carboxylic acids is 2. The standard InChI is InChI=1S/C27H26N4O2S/c32-25(28-22-8-2-1-3-9-22)21-7-6-16-31(17-21)26(33)20-14-12-19(13-15-20)18-34-27-29-23-10-4-5-11-24(23)30-27/h1-5,8-15,21H,6-7,16-18H2,(H,28,32)(H,29,30). The van der Waals surface area contributed by atoms with E-state index in [4.69, 9.17) is 0 Å². The number of para-hydroxylation sites is 3. The molecular weight excluding hydrogens is 444 g/mol. The third-order valence-electron chi connectivity index (χ3n) is 6.06. The first kappa shape index (κ1) is 22.2. The predicted octanol–water partition coefficient (Wildman–Crippen LogP) is 5.35. The Morgan fingerprint density at radius 2 is 1.76 bits per heavy atom. The number of imidazole rings is 1. The third-order valence-corrected chi connectivity index (χ3v) is 7.01. The Morgan fingerprint density at radius 1 is 1.00 bits per heavy atom. The van der Waals surface area contributed by atoms with Crippen molar-refractivity contribution in [2.45, 2.75) is 23.8 Å². The van der Waals surface area contributed by atoms with Gasteiger partial charge in [0.15, 0.2) is 5.16 Å². The second-order valence-electron chi connectivity index (χ2n) is 8.49. The van der Waals surface area contributed by atoms with Crippen molar-refractivity contribution in [3.8, 4) is 0 Å².